The largest absolute Gasteiger partial charge is 0.390 e. The predicted octanol–water partition coefficient (Wildman–Crippen LogP) is 0.875. The fraction of sp³-hybridized carbons (Fsp3) is 0.857. The average molecular weight is 256 g/mol. The van der Waals surface area contributed by atoms with E-state index in [-0.39, 0.29) is 0 Å². The number of hydrogen-bond donors (Lipinski definition) is 4. The molecule has 4 atom stereocenters. The lowest BCUT2D eigenvalue weighted by atomic mass is 9.95. The summed E-state index contributed by atoms with van der Waals surface area (Å²) >= 11 is 0. The van der Waals surface area contributed by atoms with Crippen LogP contribution in [0.15, 0.2) is 11.1 Å². The first-order valence-corrected chi connectivity index (χ1v) is 7.00. The summed E-state index contributed by atoms with van der Waals surface area (Å²) in [6, 6.07) is 0. The van der Waals surface area contributed by atoms with E-state index < -0.39 is 24.4 Å². The zero-order valence-corrected chi connectivity index (χ0v) is 10.8. The van der Waals surface area contributed by atoms with Gasteiger partial charge in [0.2, 0.25) is 0 Å². The Bertz CT molecular complexity index is 255. The normalized spacial score (nSPS) is 39.3. The van der Waals surface area contributed by atoms with E-state index in [0.717, 1.165) is 25.7 Å². The Morgan fingerprint density at radius 3 is 0.944 bits per heavy atom. The smallest absolute Gasteiger partial charge is 0.0802 e. The van der Waals surface area contributed by atoms with E-state index in [0.29, 0.717) is 25.7 Å². The molecule has 0 aromatic heterocycles. The number of allylic oxidation sites excluding steroid dienone is 2. The lowest BCUT2D eigenvalue weighted by Crippen LogP contribution is -2.23. The van der Waals surface area contributed by atoms with Crippen LogP contribution in [0, 0.1) is 0 Å². The minimum absolute atomic E-state index is 0.606. The predicted molar refractivity (Wildman–Crippen MR) is 68.0 cm³/mol. The summed E-state index contributed by atoms with van der Waals surface area (Å²) in [6.07, 6.45) is 3.37. The Labute approximate surface area is 108 Å². The molecule has 4 heteroatoms. The van der Waals surface area contributed by atoms with E-state index in [2.05, 4.69) is 0 Å². The highest BCUT2D eigenvalue weighted by Crippen LogP contribution is 2.32. The van der Waals surface area contributed by atoms with Crippen molar-refractivity contribution in [3.63, 3.8) is 0 Å². The minimum Gasteiger partial charge on any atom is -0.390 e. The van der Waals surface area contributed by atoms with Gasteiger partial charge in [-0.2, -0.15) is 0 Å². The molecule has 0 aromatic rings. The molecule has 0 bridgehead atoms. The second-order valence-electron chi connectivity index (χ2n) is 5.63. The molecule has 2 aliphatic rings. The summed E-state index contributed by atoms with van der Waals surface area (Å²) in [5, 5.41) is 38.6. The molecular formula is C14H24O4. The van der Waals surface area contributed by atoms with Gasteiger partial charge in [-0.15, -0.1) is 0 Å². The Morgan fingerprint density at radius 1 is 0.500 bits per heavy atom. The third kappa shape index (κ3) is 3.32. The van der Waals surface area contributed by atoms with Gasteiger partial charge in [-0.3, -0.25) is 0 Å². The van der Waals surface area contributed by atoms with Gasteiger partial charge in [0.15, 0.2) is 0 Å². The van der Waals surface area contributed by atoms with E-state index in [1.807, 2.05) is 0 Å². The standard InChI is InChI=1S/C14H24O4/c15-11-5-1-9(2-6-12(11)16)10-3-7-13(17)14(18)8-4-10/h11-18H,1-8H2. The van der Waals surface area contributed by atoms with E-state index in [9.17, 15) is 20.4 Å². The molecule has 2 fully saturated rings. The van der Waals surface area contributed by atoms with Crippen LogP contribution in [0.3, 0.4) is 0 Å². The lowest BCUT2D eigenvalue weighted by molar-refractivity contribution is 0.0157. The van der Waals surface area contributed by atoms with Gasteiger partial charge in [-0.25, -0.2) is 0 Å². The molecule has 4 nitrogen and oxygen atoms in total. The fourth-order valence-corrected chi connectivity index (χ4v) is 3.02. The van der Waals surface area contributed by atoms with Crippen LogP contribution in [-0.4, -0.2) is 44.8 Å². The van der Waals surface area contributed by atoms with Crippen molar-refractivity contribution in [3.8, 4) is 0 Å². The summed E-state index contributed by atoms with van der Waals surface area (Å²) in [4.78, 5) is 0. The first-order valence-electron chi connectivity index (χ1n) is 7.00. The molecule has 4 unspecified atom stereocenters. The van der Waals surface area contributed by atoms with E-state index in [4.69, 9.17) is 0 Å². The summed E-state index contributed by atoms with van der Waals surface area (Å²) < 4.78 is 0. The van der Waals surface area contributed by atoms with Crippen molar-refractivity contribution < 1.29 is 20.4 Å². The molecule has 0 aliphatic heterocycles. The second-order valence-corrected chi connectivity index (χ2v) is 5.63. The number of hydrogen-bond acceptors (Lipinski definition) is 4. The van der Waals surface area contributed by atoms with Crippen LogP contribution < -0.4 is 0 Å². The van der Waals surface area contributed by atoms with Gasteiger partial charge in [-0.1, -0.05) is 11.1 Å². The van der Waals surface area contributed by atoms with E-state index >= 15 is 0 Å². The topological polar surface area (TPSA) is 80.9 Å². The van der Waals surface area contributed by atoms with Crippen LogP contribution in [0.4, 0.5) is 0 Å². The molecular weight excluding hydrogens is 232 g/mol. The first-order chi connectivity index (χ1) is 8.58. The fourth-order valence-electron chi connectivity index (χ4n) is 3.02. The van der Waals surface area contributed by atoms with Crippen LogP contribution in [0.5, 0.6) is 0 Å². The maximum absolute atomic E-state index is 9.66. The summed E-state index contributed by atoms with van der Waals surface area (Å²) in [6.45, 7) is 0. The van der Waals surface area contributed by atoms with Crippen molar-refractivity contribution in [2.45, 2.75) is 75.8 Å². The first kappa shape index (κ1) is 14.0. The van der Waals surface area contributed by atoms with Crippen molar-refractivity contribution in [1.82, 2.24) is 0 Å². The molecule has 104 valence electrons. The van der Waals surface area contributed by atoms with E-state index in [1.54, 1.807) is 0 Å². The molecule has 0 heterocycles. The van der Waals surface area contributed by atoms with Gasteiger partial charge in [0.05, 0.1) is 24.4 Å². The van der Waals surface area contributed by atoms with Crippen molar-refractivity contribution in [2.75, 3.05) is 0 Å². The number of aliphatic hydroxyl groups excluding tert-OH is 4. The van der Waals surface area contributed by atoms with Crippen molar-refractivity contribution in [2.24, 2.45) is 0 Å². The highest BCUT2D eigenvalue weighted by Gasteiger charge is 2.25. The molecule has 2 saturated carbocycles. The van der Waals surface area contributed by atoms with Crippen molar-refractivity contribution >= 4 is 0 Å². The van der Waals surface area contributed by atoms with Crippen LogP contribution in [-0.2, 0) is 0 Å². The Kier molecular flexibility index (Phi) is 4.78. The quantitative estimate of drug-likeness (QED) is 0.383. The maximum Gasteiger partial charge on any atom is 0.0802 e. The van der Waals surface area contributed by atoms with E-state index in [1.165, 1.54) is 11.1 Å². The number of rotatable bonds is 0. The van der Waals surface area contributed by atoms with Crippen LogP contribution in [0.1, 0.15) is 51.4 Å². The molecule has 0 radical (unpaired) electrons. The van der Waals surface area contributed by atoms with Crippen molar-refractivity contribution in [1.29, 1.82) is 0 Å². The summed E-state index contributed by atoms with van der Waals surface area (Å²) in [7, 11) is 0. The summed E-state index contributed by atoms with van der Waals surface area (Å²) in [5.41, 5.74) is 2.65. The maximum atomic E-state index is 9.66. The molecule has 2 aliphatic carbocycles. The van der Waals surface area contributed by atoms with Crippen molar-refractivity contribution in [3.05, 3.63) is 11.1 Å². The highest BCUT2D eigenvalue weighted by molar-refractivity contribution is 5.17. The molecule has 0 saturated heterocycles. The Balaban J connectivity index is 2.05. The molecule has 4 N–H and O–H groups in total. The third-order valence-corrected chi connectivity index (χ3v) is 4.36. The lowest BCUT2D eigenvalue weighted by Gasteiger charge is -2.12. The third-order valence-electron chi connectivity index (χ3n) is 4.36. The van der Waals surface area contributed by atoms with Crippen LogP contribution >= 0.6 is 0 Å². The zero-order chi connectivity index (χ0) is 13.1. The summed E-state index contributed by atoms with van der Waals surface area (Å²) in [5.74, 6) is 0. The van der Waals surface area contributed by atoms with Crippen LogP contribution in [0.2, 0.25) is 0 Å². The molecule has 0 spiro atoms. The Morgan fingerprint density at radius 2 is 0.722 bits per heavy atom. The second kappa shape index (κ2) is 6.15. The molecule has 2 rings (SSSR count). The van der Waals surface area contributed by atoms with Gasteiger partial charge in [-0.05, 0) is 51.4 Å². The Hall–Kier alpha value is -0.420. The SMILES string of the molecule is OC1CCC(=C2CCC(O)C(O)CC2)CCC1O. The average Bonchev–Trinajstić information content (AvgIpc) is 2.62. The van der Waals surface area contributed by atoms with Gasteiger partial charge in [0, 0.05) is 0 Å². The van der Waals surface area contributed by atoms with Crippen LogP contribution in [0.25, 0.3) is 0 Å². The van der Waals surface area contributed by atoms with Gasteiger partial charge < -0.3 is 20.4 Å². The van der Waals surface area contributed by atoms with Gasteiger partial charge in [0.1, 0.15) is 0 Å². The highest BCUT2D eigenvalue weighted by atomic mass is 16.3. The monoisotopic (exact) mass is 256 g/mol. The molecule has 18 heavy (non-hydrogen) atoms. The van der Waals surface area contributed by atoms with Gasteiger partial charge >= 0.3 is 0 Å². The minimum atomic E-state index is -0.606. The zero-order valence-electron chi connectivity index (χ0n) is 10.8. The number of aliphatic hydroxyl groups is 4. The van der Waals surface area contributed by atoms with Gasteiger partial charge in [0.25, 0.3) is 0 Å². The molecule has 0 amide bonds. The molecule has 0 aromatic carbocycles.